The van der Waals surface area contributed by atoms with Gasteiger partial charge in [0.05, 0.1) is 10.6 Å². The molecule has 9 heteroatoms. The minimum absolute atomic E-state index is 0.0425. The van der Waals surface area contributed by atoms with Gasteiger partial charge in [0.25, 0.3) is 0 Å². The molecule has 1 aliphatic rings. The fourth-order valence-electron chi connectivity index (χ4n) is 2.66. The van der Waals surface area contributed by atoms with Gasteiger partial charge in [0, 0.05) is 12.6 Å². The number of carbonyl (C=O) groups is 1. The lowest BCUT2D eigenvalue weighted by Crippen LogP contribution is -2.43. The van der Waals surface area contributed by atoms with Gasteiger partial charge in [-0.1, -0.05) is 5.16 Å². The van der Waals surface area contributed by atoms with E-state index in [1.807, 2.05) is 0 Å². The molecule has 1 fully saturated rings. The van der Waals surface area contributed by atoms with Gasteiger partial charge in [0.15, 0.2) is 0 Å². The van der Waals surface area contributed by atoms with Gasteiger partial charge in [-0.05, 0) is 44.0 Å². The maximum atomic E-state index is 13.0. The Hall–Kier alpha value is -2.26. The van der Waals surface area contributed by atoms with Crippen LogP contribution in [0.25, 0.3) is 0 Å². The predicted molar refractivity (Wildman–Crippen MR) is 83.2 cm³/mol. The molecule has 2 heterocycles. The van der Waals surface area contributed by atoms with Crippen molar-refractivity contribution >= 4 is 21.8 Å². The lowest BCUT2D eigenvalue weighted by Gasteiger charge is -2.22. The number of benzene rings is 1. The number of nitrogens with one attached hydrogen (secondary N) is 1. The van der Waals surface area contributed by atoms with Gasteiger partial charge >= 0.3 is 0 Å². The third-order valence-electron chi connectivity index (χ3n) is 3.80. The van der Waals surface area contributed by atoms with Gasteiger partial charge in [-0.2, -0.15) is 4.31 Å². The number of sulfonamides is 1. The highest BCUT2D eigenvalue weighted by Gasteiger charge is 2.39. The molecule has 1 aliphatic heterocycles. The first-order chi connectivity index (χ1) is 11.4. The zero-order valence-electron chi connectivity index (χ0n) is 12.9. The monoisotopic (exact) mass is 353 g/mol. The van der Waals surface area contributed by atoms with Crippen molar-refractivity contribution in [1.82, 2.24) is 9.46 Å². The Morgan fingerprint density at radius 1 is 1.38 bits per heavy atom. The van der Waals surface area contributed by atoms with Crippen LogP contribution in [0.4, 0.5) is 10.3 Å². The lowest BCUT2D eigenvalue weighted by atomic mass is 10.2. The molecule has 0 aliphatic carbocycles. The molecule has 128 valence electrons. The number of carbonyl (C=O) groups excluding carboxylic acids is 1. The summed E-state index contributed by atoms with van der Waals surface area (Å²) in [4.78, 5) is 12.4. The molecule has 0 unspecified atom stereocenters. The number of halogens is 1. The largest absolute Gasteiger partial charge is 0.338 e. The van der Waals surface area contributed by atoms with E-state index >= 15 is 0 Å². The van der Waals surface area contributed by atoms with Crippen molar-refractivity contribution < 1.29 is 22.1 Å². The number of nitrogens with zero attached hydrogens (tertiary/aromatic N) is 2. The van der Waals surface area contributed by atoms with E-state index in [1.54, 1.807) is 13.0 Å². The minimum atomic E-state index is -3.88. The number of anilines is 1. The van der Waals surface area contributed by atoms with Crippen LogP contribution >= 0.6 is 0 Å². The molecule has 1 N–H and O–H groups in total. The molecule has 2 aromatic rings. The first-order valence-electron chi connectivity index (χ1n) is 7.39. The van der Waals surface area contributed by atoms with Crippen LogP contribution in [-0.4, -0.2) is 36.4 Å². The molecule has 1 aromatic carbocycles. The molecule has 1 saturated heterocycles. The Bertz CT molecular complexity index is 848. The van der Waals surface area contributed by atoms with Crippen molar-refractivity contribution in [2.45, 2.75) is 30.7 Å². The average Bonchev–Trinajstić information content (AvgIpc) is 3.17. The smallest absolute Gasteiger partial charge is 0.245 e. The molecule has 7 nitrogen and oxygen atoms in total. The lowest BCUT2D eigenvalue weighted by molar-refractivity contribution is -0.119. The number of aryl methyl sites for hydroxylation is 1. The van der Waals surface area contributed by atoms with Gasteiger partial charge in [-0.3, -0.25) is 10.1 Å². The van der Waals surface area contributed by atoms with Crippen molar-refractivity contribution in [2.24, 2.45) is 0 Å². The maximum Gasteiger partial charge on any atom is 0.245 e. The van der Waals surface area contributed by atoms with Gasteiger partial charge in [-0.15, -0.1) is 0 Å². The van der Waals surface area contributed by atoms with E-state index in [0.717, 1.165) is 16.4 Å². The molecular weight excluding hydrogens is 337 g/mol. The van der Waals surface area contributed by atoms with Crippen molar-refractivity contribution in [3.8, 4) is 0 Å². The number of aromatic nitrogens is 1. The van der Waals surface area contributed by atoms with Gasteiger partial charge in [0.2, 0.25) is 21.8 Å². The van der Waals surface area contributed by atoms with Crippen LogP contribution in [0.15, 0.2) is 39.8 Å². The molecule has 1 amide bonds. The summed E-state index contributed by atoms with van der Waals surface area (Å²) in [6, 6.07) is 5.25. The molecule has 0 saturated carbocycles. The fraction of sp³-hybridized carbons (Fsp3) is 0.333. The van der Waals surface area contributed by atoms with Crippen molar-refractivity contribution in [1.29, 1.82) is 0 Å². The van der Waals surface area contributed by atoms with E-state index < -0.39 is 27.8 Å². The van der Waals surface area contributed by atoms with Crippen LogP contribution < -0.4 is 5.32 Å². The summed E-state index contributed by atoms with van der Waals surface area (Å²) in [7, 11) is -3.88. The number of rotatable bonds is 4. The summed E-state index contributed by atoms with van der Waals surface area (Å²) in [5.74, 6) is -0.830. The summed E-state index contributed by atoms with van der Waals surface area (Å²) in [5.41, 5.74) is 0.604. The number of amides is 1. The average molecular weight is 353 g/mol. The molecule has 1 atom stereocenters. The van der Waals surface area contributed by atoms with Crippen LogP contribution in [0, 0.1) is 12.7 Å². The molecule has 0 bridgehead atoms. The Morgan fingerprint density at radius 2 is 2.08 bits per heavy atom. The minimum Gasteiger partial charge on any atom is -0.338 e. The van der Waals surface area contributed by atoms with E-state index in [4.69, 9.17) is 4.52 Å². The second-order valence-corrected chi connectivity index (χ2v) is 7.44. The Balaban J connectivity index is 1.81. The van der Waals surface area contributed by atoms with E-state index in [-0.39, 0.29) is 17.3 Å². The fourth-order valence-corrected chi connectivity index (χ4v) is 4.32. The number of hydrogen-bond acceptors (Lipinski definition) is 5. The summed E-state index contributed by atoms with van der Waals surface area (Å²) in [5, 5.41) is 6.20. The highest BCUT2D eigenvalue weighted by atomic mass is 32.2. The second kappa shape index (κ2) is 6.33. The van der Waals surface area contributed by atoms with E-state index in [2.05, 4.69) is 10.5 Å². The summed E-state index contributed by atoms with van der Waals surface area (Å²) < 4.78 is 44.5. The topological polar surface area (TPSA) is 92.5 Å². The van der Waals surface area contributed by atoms with Gasteiger partial charge in [0.1, 0.15) is 11.9 Å². The van der Waals surface area contributed by atoms with Gasteiger partial charge in [-0.25, -0.2) is 12.8 Å². The van der Waals surface area contributed by atoms with Crippen LogP contribution in [0.5, 0.6) is 0 Å². The standard InChI is InChI=1S/C15H16FN3O4S/c1-10-9-14(23-18-10)17-15(20)13-3-2-8-19(13)24(21,22)12-6-4-11(16)5-7-12/h4-7,9,13H,2-3,8H2,1H3,(H,17,20)/t13-/m1/s1. The molecular formula is C15H16FN3O4S. The molecule has 0 spiro atoms. The maximum absolute atomic E-state index is 13.0. The summed E-state index contributed by atoms with van der Waals surface area (Å²) in [6.45, 7) is 1.94. The first kappa shape index (κ1) is 16.6. The second-order valence-electron chi connectivity index (χ2n) is 5.55. The zero-order valence-corrected chi connectivity index (χ0v) is 13.7. The summed E-state index contributed by atoms with van der Waals surface area (Å²) in [6.07, 6.45) is 0.966. The highest BCUT2D eigenvalue weighted by Crippen LogP contribution is 2.27. The Morgan fingerprint density at radius 3 is 2.71 bits per heavy atom. The number of hydrogen-bond donors (Lipinski definition) is 1. The molecule has 0 radical (unpaired) electrons. The molecule has 1 aromatic heterocycles. The van der Waals surface area contributed by atoms with Crippen LogP contribution in [-0.2, 0) is 14.8 Å². The zero-order chi connectivity index (χ0) is 17.3. The highest BCUT2D eigenvalue weighted by molar-refractivity contribution is 7.89. The van der Waals surface area contributed by atoms with Crippen LogP contribution in [0.2, 0.25) is 0 Å². The van der Waals surface area contributed by atoms with Crippen molar-refractivity contribution in [3.63, 3.8) is 0 Å². The third kappa shape index (κ3) is 3.17. The molecule has 24 heavy (non-hydrogen) atoms. The normalized spacial score (nSPS) is 18.7. The quantitative estimate of drug-likeness (QED) is 0.906. The van der Waals surface area contributed by atoms with E-state index in [0.29, 0.717) is 18.5 Å². The van der Waals surface area contributed by atoms with Crippen LogP contribution in [0.3, 0.4) is 0 Å². The predicted octanol–water partition coefficient (Wildman–Crippen LogP) is 1.91. The first-order valence-corrected chi connectivity index (χ1v) is 8.83. The third-order valence-corrected chi connectivity index (χ3v) is 5.72. The van der Waals surface area contributed by atoms with Crippen LogP contribution in [0.1, 0.15) is 18.5 Å². The van der Waals surface area contributed by atoms with Crippen molar-refractivity contribution in [3.05, 3.63) is 41.8 Å². The van der Waals surface area contributed by atoms with E-state index in [9.17, 15) is 17.6 Å². The van der Waals surface area contributed by atoms with Gasteiger partial charge < -0.3 is 4.52 Å². The molecule has 3 rings (SSSR count). The van der Waals surface area contributed by atoms with Crippen molar-refractivity contribution in [2.75, 3.05) is 11.9 Å². The SMILES string of the molecule is Cc1cc(NC(=O)[C@H]2CCCN2S(=O)(=O)c2ccc(F)cc2)on1. The Labute approximate surface area is 138 Å². The summed E-state index contributed by atoms with van der Waals surface area (Å²) >= 11 is 0. The Kier molecular flexibility index (Phi) is 4.37. The van der Waals surface area contributed by atoms with E-state index in [1.165, 1.54) is 12.1 Å².